The van der Waals surface area contributed by atoms with E-state index in [2.05, 4.69) is 0 Å². The summed E-state index contributed by atoms with van der Waals surface area (Å²) in [5, 5.41) is -0.711. The van der Waals surface area contributed by atoms with Crippen LogP contribution in [0.1, 0.15) is 27.7 Å². The predicted octanol–water partition coefficient (Wildman–Crippen LogP) is 1.000. The highest BCUT2D eigenvalue weighted by Gasteiger charge is 2.43. The number of thioether (sulfide) groups is 1. The molecule has 0 radical (unpaired) electrons. The Hall–Kier alpha value is -1.83. The van der Waals surface area contributed by atoms with E-state index in [0.29, 0.717) is 0 Å². The van der Waals surface area contributed by atoms with Crippen LogP contribution in [0.2, 0.25) is 0 Å². The first kappa shape index (κ1) is 18.2. The van der Waals surface area contributed by atoms with Crippen LogP contribution in [0.4, 0.5) is 0 Å². The standard InChI is InChI=1S/C14H18O7S/c1-7(15)19-11-5-6-12(22-10(4)18)14(21-9(3)17)13(11)20-8(2)16/h5-6,11-14H,1-4H3/t11-,12-,13+,14+/m1/s1. The molecule has 7 nitrogen and oxygen atoms in total. The van der Waals surface area contributed by atoms with E-state index in [0.717, 1.165) is 11.8 Å². The van der Waals surface area contributed by atoms with Crippen LogP contribution in [0, 0.1) is 0 Å². The zero-order chi connectivity index (χ0) is 16.9. The van der Waals surface area contributed by atoms with Gasteiger partial charge in [0.05, 0.1) is 5.25 Å². The Bertz CT molecular complexity index is 455. The maximum absolute atomic E-state index is 11.3. The van der Waals surface area contributed by atoms with Crippen LogP contribution in [0.5, 0.6) is 0 Å². The highest BCUT2D eigenvalue weighted by molar-refractivity contribution is 8.14. The van der Waals surface area contributed by atoms with Crippen molar-refractivity contribution in [2.24, 2.45) is 0 Å². The van der Waals surface area contributed by atoms with Crippen molar-refractivity contribution in [2.75, 3.05) is 0 Å². The second kappa shape index (κ2) is 7.98. The Morgan fingerprint density at radius 2 is 1.27 bits per heavy atom. The molecule has 0 amide bonds. The lowest BCUT2D eigenvalue weighted by Crippen LogP contribution is -2.51. The number of hydrogen-bond donors (Lipinski definition) is 0. The van der Waals surface area contributed by atoms with E-state index in [1.165, 1.54) is 33.8 Å². The van der Waals surface area contributed by atoms with Crippen molar-refractivity contribution in [1.29, 1.82) is 0 Å². The maximum atomic E-state index is 11.3. The van der Waals surface area contributed by atoms with Crippen molar-refractivity contribution in [2.45, 2.75) is 51.3 Å². The van der Waals surface area contributed by atoms with Crippen LogP contribution >= 0.6 is 11.8 Å². The fourth-order valence-electron chi connectivity index (χ4n) is 2.06. The van der Waals surface area contributed by atoms with Gasteiger partial charge in [-0.15, -0.1) is 0 Å². The van der Waals surface area contributed by atoms with Crippen LogP contribution < -0.4 is 0 Å². The highest BCUT2D eigenvalue weighted by Crippen LogP contribution is 2.30. The highest BCUT2D eigenvalue weighted by atomic mass is 32.2. The van der Waals surface area contributed by atoms with Crippen LogP contribution in [0.15, 0.2) is 12.2 Å². The number of carbonyl (C=O) groups is 4. The summed E-state index contributed by atoms with van der Waals surface area (Å²) in [5.41, 5.74) is 0. The van der Waals surface area contributed by atoms with Gasteiger partial charge in [0.25, 0.3) is 0 Å². The molecule has 22 heavy (non-hydrogen) atoms. The van der Waals surface area contributed by atoms with E-state index < -0.39 is 41.5 Å². The molecular formula is C14H18O7S. The number of esters is 3. The Kier molecular flexibility index (Phi) is 6.61. The molecule has 0 heterocycles. The molecule has 0 fully saturated rings. The summed E-state index contributed by atoms with van der Waals surface area (Å²) in [6.07, 6.45) is 0.314. The van der Waals surface area contributed by atoms with Gasteiger partial charge < -0.3 is 14.2 Å². The fraction of sp³-hybridized carbons (Fsp3) is 0.571. The van der Waals surface area contributed by atoms with Crippen LogP contribution in [0.25, 0.3) is 0 Å². The molecule has 1 rings (SSSR count). The van der Waals surface area contributed by atoms with Gasteiger partial charge >= 0.3 is 17.9 Å². The molecule has 0 aliphatic heterocycles. The molecule has 0 saturated carbocycles. The Labute approximate surface area is 132 Å². The fourth-order valence-corrected chi connectivity index (χ4v) is 2.96. The summed E-state index contributed by atoms with van der Waals surface area (Å²) in [5.74, 6) is -1.76. The molecule has 0 aromatic carbocycles. The SMILES string of the molecule is CC(=O)O[C@@H]1[C@@H](OC(C)=O)[C@H](SC(C)=O)C=C[C@H]1OC(C)=O. The van der Waals surface area contributed by atoms with E-state index in [4.69, 9.17) is 14.2 Å². The average Bonchev–Trinajstić information content (AvgIpc) is 2.34. The molecule has 1 aliphatic rings. The molecule has 0 aromatic rings. The van der Waals surface area contributed by atoms with Gasteiger partial charge in [-0.25, -0.2) is 0 Å². The first-order valence-corrected chi connectivity index (χ1v) is 7.46. The number of rotatable bonds is 4. The third-order valence-corrected chi connectivity index (χ3v) is 3.70. The minimum atomic E-state index is -1.01. The van der Waals surface area contributed by atoms with Crippen molar-refractivity contribution >= 4 is 34.8 Å². The minimum Gasteiger partial charge on any atom is -0.457 e. The lowest BCUT2D eigenvalue weighted by molar-refractivity contribution is -0.179. The van der Waals surface area contributed by atoms with E-state index in [9.17, 15) is 19.2 Å². The van der Waals surface area contributed by atoms with E-state index in [1.54, 1.807) is 6.08 Å². The minimum absolute atomic E-state index is 0.181. The van der Waals surface area contributed by atoms with E-state index >= 15 is 0 Å². The first-order valence-electron chi connectivity index (χ1n) is 6.58. The summed E-state index contributed by atoms with van der Waals surface area (Å²) < 4.78 is 15.4. The van der Waals surface area contributed by atoms with Gasteiger partial charge in [-0.05, 0) is 6.08 Å². The first-order chi connectivity index (χ1) is 10.2. The van der Waals surface area contributed by atoms with Crippen molar-refractivity contribution in [1.82, 2.24) is 0 Å². The van der Waals surface area contributed by atoms with Crippen LogP contribution in [-0.2, 0) is 33.4 Å². The molecular weight excluding hydrogens is 312 g/mol. The molecule has 122 valence electrons. The molecule has 0 aromatic heterocycles. The molecule has 8 heteroatoms. The van der Waals surface area contributed by atoms with Gasteiger partial charge in [-0.1, -0.05) is 17.8 Å². The summed E-state index contributed by atoms with van der Waals surface area (Å²) in [6.45, 7) is 5.00. The van der Waals surface area contributed by atoms with Gasteiger partial charge in [0.1, 0.15) is 0 Å². The maximum Gasteiger partial charge on any atom is 0.303 e. The normalized spacial score (nSPS) is 26.9. The molecule has 0 unspecified atom stereocenters. The molecule has 1 aliphatic carbocycles. The summed E-state index contributed by atoms with van der Waals surface area (Å²) in [6, 6.07) is 0. The van der Waals surface area contributed by atoms with Gasteiger partial charge in [-0.2, -0.15) is 0 Å². The molecule has 0 bridgehead atoms. The smallest absolute Gasteiger partial charge is 0.303 e. The Balaban J connectivity index is 3.11. The third-order valence-electron chi connectivity index (χ3n) is 2.67. The quantitative estimate of drug-likeness (QED) is 0.428. The van der Waals surface area contributed by atoms with Gasteiger partial charge in [-0.3, -0.25) is 19.2 Å². The lowest BCUT2D eigenvalue weighted by Gasteiger charge is -2.36. The van der Waals surface area contributed by atoms with Crippen LogP contribution in [0.3, 0.4) is 0 Å². The Morgan fingerprint density at radius 3 is 1.73 bits per heavy atom. The molecule has 0 N–H and O–H groups in total. The van der Waals surface area contributed by atoms with Gasteiger partial charge in [0, 0.05) is 27.7 Å². The zero-order valence-corrected chi connectivity index (χ0v) is 13.5. The van der Waals surface area contributed by atoms with Crippen molar-refractivity contribution in [3.8, 4) is 0 Å². The second-order valence-electron chi connectivity index (χ2n) is 4.68. The number of ether oxygens (including phenoxy) is 3. The summed E-state index contributed by atoms with van der Waals surface area (Å²) >= 11 is 0.943. The average molecular weight is 330 g/mol. The lowest BCUT2D eigenvalue weighted by atomic mass is 9.97. The van der Waals surface area contributed by atoms with Crippen molar-refractivity contribution in [3.63, 3.8) is 0 Å². The molecule has 0 saturated heterocycles. The third kappa shape index (κ3) is 5.51. The van der Waals surface area contributed by atoms with Crippen molar-refractivity contribution in [3.05, 3.63) is 12.2 Å². The zero-order valence-electron chi connectivity index (χ0n) is 12.7. The Morgan fingerprint density at radius 1 is 0.773 bits per heavy atom. The van der Waals surface area contributed by atoms with Gasteiger partial charge in [0.2, 0.25) is 0 Å². The number of hydrogen-bond acceptors (Lipinski definition) is 8. The number of carbonyl (C=O) groups excluding carboxylic acids is 4. The predicted molar refractivity (Wildman–Crippen MR) is 77.9 cm³/mol. The molecule has 0 spiro atoms. The monoisotopic (exact) mass is 330 g/mol. The largest absolute Gasteiger partial charge is 0.457 e. The van der Waals surface area contributed by atoms with Gasteiger partial charge in [0.15, 0.2) is 23.4 Å². The summed E-state index contributed by atoms with van der Waals surface area (Å²) in [7, 11) is 0. The topological polar surface area (TPSA) is 96.0 Å². The van der Waals surface area contributed by atoms with E-state index in [-0.39, 0.29) is 5.12 Å². The summed E-state index contributed by atoms with van der Waals surface area (Å²) in [4.78, 5) is 45.1. The van der Waals surface area contributed by atoms with Crippen LogP contribution in [-0.4, -0.2) is 46.6 Å². The molecule has 4 atom stereocenters. The second-order valence-corrected chi connectivity index (χ2v) is 6.04. The van der Waals surface area contributed by atoms with Crippen molar-refractivity contribution < 1.29 is 33.4 Å². The van der Waals surface area contributed by atoms with E-state index in [1.807, 2.05) is 0 Å².